The van der Waals surface area contributed by atoms with Gasteiger partial charge >= 0.3 is 11.9 Å². The second-order valence-electron chi connectivity index (χ2n) is 9.05. The van der Waals surface area contributed by atoms with Crippen molar-refractivity contribution in [2.45, 2.75) is 37.5 Å². The fourth-order valence-corrected chi connectivity index (χ4v) is 5.47. The summed E-state index contributed by atoms with van der Waals surface area (Å²) in [5.74, 6) is -0.822. The van der Waals surface area contributed by atoms with Gasteiger partial charge in [-0.25, -0.2) is 26.4 Å². The summed E-state index contributed by atoms with van der Waals surface area (Å²) >= 11 is 0. The number of ether oxygens (including phenoxy) is 2. The second kappa shape index (κ2) is 15.2. The minimum atomic E-state index is -3.50. The third-order valence-electron chi connectivity index (χ3n) is 5.79. The highest BCUT2D eigenvalue weighted by Crippen LogP contribution is 2.33. The molecule has 0 aliphatic rings. The number of hydrogen-bond donors (Lipinski definition) is 0. The fourth-order valence-electron chi connectivity index (χ4n) is 3.62. The summed E-state index contributed by atoms with van der Waals surface area (Å²) in [5, 5.41) is 3.77. The standard InChI is InChI=1S/C14H15NO5S.C11H12O5S.C4H6O/c1-8-7-11(20-15-8)13-9(2)10(14(16)19-3)5-6-12(13)21(4,17)18;1-7-8(11(13)16-2)4-5-10(9(7)6-12)17(3,14)15;1-3-4(2)5/h5-7H,1-4H3;4-6H,1-3H3;3H,1H2,2H3. The summed E-state index contributed by atoms with van der Waals surface area (Å²) in [6.45, 7) is 9.56. The quantitative estimate of drug-likeness (QED) is 0.208. The summed E-state index contributed by atoms with van der Waals surface area (Å²) in [7, 11) is -4.50. The van der Waals surface area contributed by atoms with Crippen molar-refractivity contribution in [1.29, 1.82) is 0 Å². The van der Waals surface area contributed by atoms with E-state index in [9.17, 15) is 36.0 Å². The van der Waals surface area contributed by atoms with E-state index in [2.05, 4.69) is 16.5 Å². The average molecular weight is 636 g/mol. The molecule has 0 saturated carbocycles. The molecule has 0 aliphatic carbocycles. The van der Waals surface area contributed by atoms with Gasteiger partial charge in [0, 0.05) is 29.7 Å². The van der Waals surface area contributed by atoms with E-state index >= 15 is 0 Å². The predicted molar refractivity (Wildman–Crippen MR) is 158 cm³/mol. The van der Waals surface area contributed by atoms with Gasteiger partial charge in [-0.3, -0.25) is 9.59 Å². The minimum Gasteiger partial charge on any atom is -0.465 e. The lowest BCUT2D eigenvalue weighted by molar-refractivity contribution is -0.112. The second-order valence-corrected chi connectivity index (χ2v) is 13.0. The molecule has 3 aromatic rings. The summed E-state index contributed by atoms with van der Waals surface area (Å²) in [4.78, 5) is 43.8. The first-order valence-electron chi connectivity index (χ1n) is 12.2. The zero-order chi connectivity index (χ0) is 33.3. The Morgan fingerprint density at radius 3 is 1.63 bits per heavy atom. The number of methoxy groups -OCH3 is 2. The highest BCUT2D eigenvalue weighted by molar-refractivity contribution is 7.91. The lowest BCUT2D eigenvalue weighted by atomic mass is 10.0. The molecule has 0 radical (unpaired) electrons. The number of aldehydes is 1. The first kappa shape index (κ1) is 36.6. The number of carbonyl (C=O) groups excluding carboxylic acids is 4. The van der Waals surface area contributed by atoms with E-state index in [1.807, 2.05) is 0 Å². The Hall–Kier alpha value is -4.43. The van der Waals surface area contributed by atoms with Gasteiger partial charge in [-0.05, 0) is 69.2 Å². The van der Waals surface area contributed by atoms with E-state index in [1.54, 1.807) is 19.9 Å². The van der Waals surface area contributed by atoms with Crippen LogP contribution in [0.1, 0.15) is 54.8 Å². The molecule has 0 aliphatic heterocycles. The summed E-state index contributed by atoms with van der Waals surface area (Å²) in [5.41, 5.74) is 2.19. The van der Waals surface area contributed by atoms with E-state index < -0.39 is 31.6 Å². The number of benzene rings is 2. The van der Waals surface area contributed by atoms with Crippen LogP contribution in [0.3, 0.4) is 0 Å². The first-order valence-corrected chi connectivity index (χ1v) is 16.0. The number of nitrogens with zero attached hydrogens (tertiary/aromatic N) is 1. The van der Waals surface area contributed by atoms with Gasteiger partial charge in [0.2, 0.25) is 0 Å². The van der Waals surface area contributed by atoms with Crippen LogP contribution in [0.4, 0.5) is 0 Å². The van der Waals surface area contributed by atoms with Gasteiger partial charge in [0.15, 0.2) is 37.5 Å². The van der Waals surface area contributed by atoms with Gasteiger partial charge in [0.25, 0.3) is 0 Å². The molecule has 2 aromatic carbocycles. The number of ketones is 1. The van der Waals surface area contributed by atoms with Crippen LogP contribution in [0.25, 0.3) is 11.3 Å². The molecule has 232 valence electrons. The molecule has 0 saturated heterocycles. The molecule has 0 amide bonds. The topological polar surface area (TPSA) is 181 Å². The van der Waals surface area contributed by atoms with Gasteiger partial charge in [-0.1, -0.05) is 11.7 Å². The highest BCUT2D eigenvalue weighted by atomic mass is 32.2. The van der Waals surface area contributed by atoms with Crippen LogP contribution >= 0.6 is 0 Å². The highest BCUT2D eigenvalue weighted by Gasteiger charge is 2.24. The van der Waals surface area contributed by atoms with Crippen molar-refractivity contribution in [3.63, 3.8) is 0 Å². The molecule has 0 bridgehead atoms. The van der Waals surface area contributed by atoms with Crippen LogP contribution in [0.15, 0.2) is 57.3 Å². The maximum absolute atomic E-state index is 12.0. The zero-order valence-electron chi connectivity index (χ0n) is 25.0. The third-order valence-corrected chi connectivity index (χ3v) is 8.08. The fraction of sp³-hybridized carbons (Fsp3) is 0.276. The number of hydrogen-bond acceptors (Lipinski definition) is 12. The zero-order valence-corrected chi connectivity index (χ0v) is 26.6. The molecule has 14 heteroatoms. The Morgan fingerprint density at radius 2 is 1.28 bits per heavy atom. The summed E-state index contributed by atoms with van der Waals surface area (Å²) in [6, 6.07) is 7.01. The SMILES string of the molecule is C=CC(C)=O.COC(=O)c1ccc(S(C)(=O)=O)c(-c2cc(C)no2)c1C.COC(=O)c1ccc(S(C)(=O)=O)c(C=O)c1C. The third kappa shape index (κ3) is 9.54. The molecule has 1 heterocycles. The smallest absolute Gasteiger partial charge is 0.338 e. The molecular weight excluding hydrogens is 602 g/mol. The van der Waals surface area contributed by atoms with Gasteiger partial charge in [0.1, 0.15) is 0 Å². The van der Waals surface area contributed by atoms with Crippen molar-refractivity contribution in [2.75, 3.05) is 26.7 Å². The van der Waals surface area contributed by atoms with Crippen LogP contribution in [0, 0.1) is 20.8 Å². The van der Waals surface area contributed by atoms with E-state index in [1.165, 1.54) is 58.4 Å². The Balaban J connectivity index is 0.000000378. The largest absolute Gasteiger partial charge is 0.465 e. The normalized spacial score (nSPS) is 10.7. The molecule has 0 fully saturated rings. The van der Waals surface area contributed by atoms with Crippen molar-refractivity contribution in [3.05, 3.63) is 76.5 Å². The first-order chi connectivity index (χ1) is 19.8. The number of aryl methyl sites for hydroxylation is 1. The maximum atomic E-state index is 12.0. The molecule has 3 rings (SSSR count). The Bertz CT molecular complexity index is 1770. The number of allylic oxidation sites excluding steroid dienone is 1. The maximum Gasteiger partial charge on any atom is 0.338 e. The van der Waals surface area contributed by atoms with Crippen molar-refractivity contribution >= 4 is 43.7 Å². The van der Waals surface area contributed by atoms with Crippen molar-refractivity contribution < 1.29 is 50.0 Å². The molecule has 12 nitrogen and oxygen atoms in total. The van der Waals surface area contributed by atoms with Gasteiger partial charge in [-0.2, -0.15) is 0 Å². The van der Waals surface area contributed by atoms with Crippen molar-refractivity contribution in [1.82, 2.24) is 5.16 Å². The molecule has 43 heavy (non-hydrogen) atoms. The molecule has 0 spiro atoms. The molecule has 0 N–H and O–H groups in total. The van der Waals surface area contributed by atoms with E-state index in [0.717, 1.165) is 12.5 Å². The number of esters is 2. The number of carbonyl (C=O) groups is 4. The Morgan fingerprint density at radius 1 is 0.837 bits per heavy atom. The predicted octanol–water partition coefficient (Wildman–Crippen LogP) is 3.91. The monoisotopic (exact) mass is 635 g/mol. The van der Waals surface area contributed by atoms with E-state index in [0.29, 0.717) is 34.4 Å². The molecular formula is C29H33NO11S2. The number of rotatable bonds is 7. The van der Waals surface area contributed by atoms with Gasteiger partial charge < -0.3 is 14.0 Å². The van der Waals surface area contributed by atoms with Gasteiger partial charge in [0.05, 0.1) is 40.8 Å². The summed E-state index contributed by atoms with van der Waals surface area (Å²) in [6.07, 6.45) is 3.82. The van der Waals surface area contributed by atoms with Crippen LogP contribution in [-0.2, 0) is 33.9 Å². The molecule has 0 unspecified atom stereocenters. The summed E-state index contributed by atoms with van der Waals surface area (Å²) < 4.78 is 61.2. The van der Waals surface area contributed by atoms with E-state index in [-0.39, 0.29) is 32.3 Å². The molecule has 1 aromatic heterocycles. The van der Waals surface area contributed by atoms with Crippen molar-refractivity contribution in [3.8, 4) is 11.3 Å². The average Bonchev–Trinajstić information content (AvgIpc) is 3.36. The Kier molecular flexibility index (Phi) is 12.9. The van der Waals surface area contributed by atoms with Crippen molar-refractivity contribution in [2.24, 2.45) is 0 Å². The number of sulfone groups is 2. The lowest BCUT2D eigenvalue weighted by Gasteiger charge is -2.12. The Labute approximate surface area is 250 Å². The minimum absolute atomic E-state index is 0.00426. The van der Waals surface area contributed by atoms with Gasteiger partial charge in [-0.15, -0.1) is 0 Å². The lowest BCUT2D eigenvalue weighted by Crippen LogP contribution is -2.10. The molecule has 0 atom stereocenters. The van der Waals surface area contributed by atoms with Crippen LogP contribution in [0.2, 0.25) is 0 Å². The van der Waals surface area contributed by atoms with Crippen LogP contribution < -0.4 is 0 Å². The van der Waals surface area contributed by atoms with Crippen LogP contribution in [-0.4, -0.2) is 72.7 Å². The number of aromatic nitrogens is 1. The van der Waals surface area contributed by atoms with Crippen LogP contribution in [0.5, 0.6) is 0 Å². The van der Waals surface area contributed by atoms with E-state index in [4.69, 9.17) is 9.26 Å².